The Kier molecular flexibility index (Phi) is 5.00. The molecule has 3 fully saturated rings. The fraction of sp³-hybridized carbons (Fsp3) is 0.652. The summed E-state index contributed by atoms with van der Waals surface area (Å²) in [6, 6.07) is 0. The minimum Gasteiger partial charge on any atom is -0.462 e. The van der Waals surface area contributed by atoms with Crippen LogP contribution < -0.4 is 0 Å². The van der Waals surface area contributed by atoms with Gasteiger partial charge >= 0.3 is 0 Å². The van der Waals surface area contributed by atoms with E-state index in [9.17, 15) is 14.7 Å². The Bertz CT molecular complexity index is 818. The predicted molar refractivity (Wildman–Crippen MR) is 109 cm³/mol. The van der Waals surface area contributed by atoms with E-state index in [2.05, 4.69) is 19.8 Å². The monoisotopic (exact) mass is 400 g/mol. The van der Waals surface area contributed by atoms with Crippen molar-refractivity contribution in [2.45, 2.75) is 52.1 Å². The summed E-state index contributed by atoms with van der Waals surface area (Å²) in [7, 11) is 0. The predicted octanol–water partition coefficient (Wildman–Crippen LogP) is 3.47. The van der Waals surface area contributed by atoms with Gasteiger partial charge in [0.15, 0.2) is 10.9 Å². The van der Waals surface area contributed by atoms with E-state index in [4.69, 9.17) is 5.11 Å². The molecule has 0 aromatic rings. The van der Waals surface area contributed by atoms with Gasteiger partial charge in [0.1, 0.15) is 6.11 Å². The smallest absolute Gasteiger partial charge is 0.193 e. The molecule has 5 heteroatoms. The second kappa shape index (κ2) is 7.07. The van der Waals surface area contributed by atoms with Crippen molar-refractivity contribution in [1.29, 1.82) is 0 Å². The van der Waals surface area contributed by atoms with E-state index in [1.165, 1.54) is 11.8 Å². The van der Waals surface area contributed by atoms with Crippen LogP contribution in [0.25, 0.3) is 0 Å². The van der Waals surface area contributed by atoms with Crippen LogP contribution in [0.1, 0.15) is 46.0 Å². The lowest BCUT2D eigenvalue weighted by Gasteiger charge is -2.58. The molecule has 7 unspecified atom stereocenters. The van der Waals surface area contributed by atoms with Crippen molar-refractivity contribution in [3.05, 3.63) is 23.8 Å². The average Bonchev–Trinajstić information content (AvgIpc) is 2.98. The molecule has 150 valence electrons. The number of ketones is 1. The van der Waals surface area contributed by atoms with Gasteiger partial charge in [-0.15, -0.1) is 0 Å². The van der Waals surface area contributed by atoms with Crippen LogP contribution in [0.2, 0.25) is 0 Å². The fourth-order valence-electron chi connectivity index (χ4n) is 6.95. The van der Waals surface area contributed by atoms with Crippen molar-refractivity contribution in [2.24, 2.45) is 34.5 Å². The molecule has 0 radical (unpaired) electrons. The second-order valence-corrected chi connectivity index (χ2v) is 10.3. The van der Waals surface area contributed by atoms with E-state index in [1.807, 2.05) is 12.2 Å². The van der Waals surface area contributed by atoms with E-state index >= 15 is 0 Å². The lowest BCUT2D eigenvalue weighted by molar-refractivity contribution is -0.132. The minimum absolute atomic E-state index is 0.0515. The van der Waals surface area contributed by atoms with E-state index in [1.54, 1.807) is 12.2 Å². The molecule has 4 aliphatic rings. The van der Waals surface area contributed by atoms with Gasteiger partial charge in [-0.05, 0) is 67.4 Å². The van der Waals surface area contributed by atoms with E-state index < -0.39 is 6.10 Å². The Labute approximate surface area is 170 Å². The number of aliphatic hydroxyl groups is 2. The number of hydrogen-bond acceptors (Lipinski definition) is 5. The Balaban J connectivity index is 1.61. The van der Waals surface area contributed by atoms with Crippen molar-refractivity contribution >= 4 is 22.7 Å². The summed E-state index contributed by atoms with van der Waals surface area (Å²) in [4.78, 5) is 24.7. The highest BCUT2D eigenvalue weighted by atomic mass is 32.2. The molecule has 0 saturated heterocycles. The number of carbonyl (C=O) groups excluding carboxylic acids is 2. The third-order valence-corrected chi connectivity index (χ3v) is 9.00. The molecule has 0 heterocycles. The maximum atomic E-state index is 12.8. The third kappa shape index (κ3) is 2.88. The summed E-state index contributed by atoms with van der Waals surface area (Å²) in [5.41, 5.74) is 0.710. The summed E-state index contributed by atoms with van der Waals surface area (Å²) < 4.78 is 0. The van der Waals surface area contributed by atoms with Gasteiger partial charge in [-0.25, -0.2) is 0 Å². The van der Waals surface area contributed by atoms with Crippen LogP contribution in [0.5, 0.6) is 0 Å². The molecule has 4 rings (SSSR count). The van der Waals surface area contributed by atoms with Crippen LogP contribution in [-0.4, -0.2) is 33.0 Å². The number of fused-ring (bicyclic) bond motifs is 5. The molecule has 7 atom stereocenters. The van der Waals surface area contributed by atoms with Gasteiger partial charge in [-0.1, -0.05) is 37.3 Å². The normalized spacial score (nSPS) is 43.9. The first-order valence-corrected chi connectivity index (χ1v) is 11.2. The van der Waals surface area contributed by atoms with Crippen molar-refractivity contribution in [1.82, 2.24) is 0 Å². The number of carbonyl (C=O) groups is 2. The molecule has 2 N–H and O–H groups in total. The molecule has 0 aromatic carbocycles. The number of thioether (sulfide) groups is 1. The van der Waals surface area contributed by atoms with Crippen LogP contribution in [0, 0.1) is 46.5 Å². The third-order valence-electron chi connectivity index (χ3n) is 8.14. The van der Waals surface area contributed by atoms with Crippen LogP contribution in [0.15, 0.2) is 23.8 Å². The first-order valence-electron chi connectivity index (χ1n) is 10.2. The number of aliphatic hydroxyl groups excluding tert-OH is 2. The Morgan fingerprint density at radius 1 is 1.32 bits per heavy atom. The molecule has 0 aliphatic heterocycles. The van der Waals surface area contributed by atoms with Gasteiger partial charge in [-0.2, -0.15) is 0 Å². The van der Waals surface area contributed by atoms with Crippen LogP contribution in [0.3, 0.4) is 0 Å². The molecule has 0 amide bonds. The molecule has 0 aromatic heterocycles. The first kappa shape index (κ1) is 19.8. The summed E-state index contributed by atoms with van der Waals surface area (Å²) >= 11 is 1.19. The zero-order chi connectivity index (χ0) is 20.1. The van der Waals surface area contributed by atoms with Gasteiger partial charge in [0.05, 0.1) is 11.9 Å². The molecule has 0 bridgehead atoms. The standard InChI is InChI=1S/C23H28O4S/c1-22-9-8-15(25)12-14(22)4-5-16-17-6-7-18(21(27)28-11-3-10-24)23(17,2)13-19(26)20(16)22/h8-9,12,16-20,24,26H,4-7,11,13H2,1-2H3. The highest BCUT2D eigenvalue weighted by molar-refractivity contribution is 8.13. The maximum absolute atomic E-state index is 12.8. The number of hydrogen-bond donors (Lipinski definition) is 2. The highest BCUT2D eigenvalue weighted by Gasteiger charge is 2.62. The topological polar surface area (TPSA) is 74.6 Å². The van der Waals surface area contributed by atoms with Gasteiger partial charge in [-0.3, -0.25) is 9.59 Å². The van der Waals surface area contributed by atoms with Gasteiger partial charge in [0.25, 0.3) is 0 Å². The fourth-order valence-corrected chi connectivity index (χ4v) is 7.82. The molecule has 3 saturated carbocycles. The van der Waals surface area contributed by atoms with Gasteiger partial charge in [0, 0.05) is 17.3 Å². The molecular weight excluding hydrogens is 372 g/mol. The molecule has 4 nitrogen and oxygen atoms in total. The SMILES string of the molecule is CC12C=CC(=O)C=C1CCC1C2C(O)CC2(C)C(C(=O)SCC#CO)CCC12. The molecule has 4 aliphatic carbocycles. The van der Waals surface area contributed by atoms with Crippen LogP contribution in [-0.2, 0) is 9.59 Å². The lowest BCUT2D eigenvalue weighted by atomic mass is 9.47. The van der Waals surface area contributed by atoms with E-state index in [0.29, 0.717) is 24.0 Å². The zero-order valence-corrected chi connectivity index (χ0v) is 17.3. The summed E-state index contributed by atoms with van der Waals surface area (Å²) in [5.74, 6) is 3.74. The largest absolute Gasteiger partial charge is 0.462 e. The average molecular weight is 401 g/mol. The molecule has 28 heavy (non-hydrogen) atoms. The Morgan fingerprint density at radius 3 is 2.86 bits per heavy atom. The first-order chi connectivity index (χ1) is 13.3. The quantitative estimate of drug-likeness (QED) is 0.694. The van der Waals surface area contributed by atoms with Crippen molar-refractivity contribution in [2.75, 3.05) is 5.75 Å². The maximum Gasteiger partial charge on any atom is 0.193 e. The van der Waals surface area contributed by atoms with Gasteiger partial charge in [0.2, 0.25) is 0 Å². The van der Waals surface area contributed by atoms with E-state index in [-0.39, 0.29) is 33.6 Å². The van der Waals surface area contributed by atoms with Crippen LogP contribution in [0.4, 0.5) is 0 Å². The number of rotatable bonds is 2. The van der Waals surface area contributed by atoms with Crippen molar-refractivity contribution in [3.63, 3.8) is 0 Å². The lowest BCUT2D eigenvalue weighted by Crippen LogP contribution is -2.56. The number of allylic oxidation sites excluding steroid dienone is 4. The molecule has 0 spiro atoms. The van der Waals surface area contributed by atoms with Crippen LogP contribution >= 0.6 is 11.8 Å². The summed E-state index contributed by atoms with van der Waals surface area (Å²) in [6.07, 6.45) is 11.2. The van der Waals surface area contributed by atoms with Crippen molar-refractivity contribution in [3.8, 4) is 12.0 Å². The Hall–Kier alpha value is -1.51. The Morgan fingerprint density at radius 2 is 2.11 bits per heavy atom. The van der Waals surface area contributed by atoms with Crippen molar-refractivity contribution < 1.29 is 19.8 Å². The summed E-state index contributed by atoms with van der Waals surface area (Å²) in [5, 5.41) is 20.1. The van der Waals surface area contributed by atoms with E-state index in [0.717, 1.165) is 31.3 Å². The highest BCUT2D eigenvalue weighted by Crippen LogP contribution is 2.66. The second-order valence-electron chi connectivity index (χ2n) is 9.33. The summed E-state index contributed by atoms with van der Waals surface area (Å²) in [6.45, 7) is 4.37. The zero-order valence-electron chi connectivity index (χ0n) is 16.5. The molecular formula is C23H28O4S. The minimum atomic E-state index is -0.478. The van der Waals surface area contributed by atoms with Gasteiger partial charge < -0.3 is 10.2 Å².